The number of morpholine rings is 1. The normalized spacial score (nSPS) is 16.8. The number of benzene rings is 2. The van der Waals surface area contributed by atoms with Crippen molar-refractivity contribution >= 4 is 17.5 Å². The SMILES string of the molecule is O=C(NCC[NH+]1CCOCC1)c1ccc(CN2C(=O)COc3ccccc32)cc1. The van der Waals surface area contributed by atoms with Gasteiger partial charge in [-0.25, -0.2) is 0 Å². The van der Waals surface area contributed by atoms with E-state index in [1.54, 1.807) is 4.90 Å². The van der Waals surface area contributed by atoms with Crippen molar-refractivity contribution in [1.29, 1.82) is 0 Å². The van der Waals surface area contributed by atoms with Crippen LogP contribution in [-0.4, -0.2) is 57.8 Å². The molecule has 2 heterocycles. The number of nitrogens with one attached hydrogen (secondary N) is 2. The highest BCUT2D eigenvalue weighted by atomic mass is 16.5. The number of ether oxygens (including phenoxy) is 2. The van der Waals surface area contributed by atoms with Gasteiger partial charge in [-0.05, 0) is 29.8 Å². The van der Waals surface area contributed by atoms with Crippen LogP contribution in [0.1, 0.15) is 15.9 Å². The molecular weight excluding hydrogens is 370 g/mol. The fourth-order valence-electron chi connectivity index (χ4n) is 3.64. The van der Waals surface area contributed by atoms with E-state index in [9.17, 15) is 9.59 Å². The van der Waals surface area contributed by atoms with Gasteiger partial charge in [-0.1, -0.05) is 24.3 Å². The molecule has 0 aliphatic carbocycles. The fraction of sp³-hybridized carbons (Fsp3) is 0.364. The smallest absolute Gasteiger partial charge is 0.265 e. The second-order valence-electron chi connectivity index (χ2n) is 7.30. The summed E-state index contributed by atoms with van der Waals surface area (Å²) in [6.07, 6.45) is 0. The Morgan fingerprint density at radius 3 is 2.62 bits per heavy atom. The Hall–Kier alpha value is -2.90. The molecule has 4 rings (SSSR count). The highest BCUT2D eigenvalue weighted by Crippen LogP contribution is 2.32. The zero-order chi connectivity index (χ0) is 20.1. The minimum Gasteiger partial charge on any atom is -0.482 e. The van der Waals surface area contributed by atoms with Crippen molar-refractivity contribution in [3.05, 3.63) is 59.7 Å². The molecule has 1 saturated heterocycles. The van der Waals surface area contributed by atoms with Crippen LogP contribution in [0.4, 0.5) is 5.69 Å². The molecule has 2 aromatic rings. The first-order valence-corrected chi connectivity index (χ1v) is 10.0. The Bertz CT molecular complexity index is 863. The number of quaternary nitrogens is 1. The van der Waals surface area contributed by atoms with Crippen molar-refractivity contribution < 1.29 is 24.0 Å². The number of anilines is 1. The molecule has 0 radical (unpaired) electrons. The minimum absolute atomic E-state index is 0.0443. The Morgan fingerprint density at radius 2 is 1.83 bits per heavy atom. The number of rotatable bonds is 6. The van der Waals surface area contributed by atoms with Gasteiger partial charge in [0.05, 0.1) is 38.5 Å². The van der Waals surface area contributed by atoms with E-state index in [0.29, 0.717) is 24.4 Å². The van der Waals surface area contributed by atoms with E-state index in [0.717, 1.165) is 44.1 Å². The number of carbonyl (C=O) groups excluding carboxylic acids is 2. The molecule has 29 heavy (non-hydrogen) atoms. The maximum absolute atomic E-state index is 12.4. The zero-order valence-corrected chi connectivity index (χ0v) is 16.4. The second-order valence-corrected chi connectivity index (χ2v) is 7.30. The molecule has 0 unspecified atom stereocenters. The van der Waals surface area contributed by atoms with Crippen molar-refractivity contribution in [1.82, 2.24) is 5.32 Å². The van der Waals surface area contributed by atoms with Gasteiger partial charge in [0.15, 0.2) is 6.61 Å². The van der Waals surface area contributed by atoms with Crippen LogP contribution in [0.5, 0.6) is 5.75 Å². The lowest BCUT2D eigenvalue weighted by molar-refractivity contribution is -0.906. The lowest BCUT2D eigenvalue weighted by Gasteiger charge is -2.29. The third-order valence-corrected chi connectivity index (χ3v) is 5.33. The predicted molar refractivity (Wildman–Crippen MR) is 108 cm³/mol. The lowest BCUT2D eigenvalue weighted by Crippen LogP contribution is -3.14. The van der Waals surface area contributed by atoms with Crippen LogP contribution < -0.4 is 19.9 Å². The summed E-state index contributed by atoms with van der Waals surface area (Å²) in [6, 6.07) is 14.9. The number of hydrogen-bond acceptors (Lipinski definition) is 4. The number of fused-ring (bicyclic) bond motifs is 1. The van der Waals surface area contributed by atoms with Gasteiger partial charge in [0.25, 0.3) is 11.8 Å². The molecule has 0 bridgehead atoms. The molecule has 152 valence electrons. The molecule has 2 N–H and O–H groups in total. The summed E-state index contributed by atoms with van der Waals surface area (Å²) in [5.74, 6) is 0.568. The van der Waals surface area contributed by atoms with Crippen LogP contribution in [-0.2, 0) is 16.1 Å². The largest absolute Gasteiger partial charge is 0.482 e. The zero-order valence-electron chi connectivity index (χ0n) is 16.4. The topological polar surface area (TPSA) is 72.3 Å². The van der Waals surface area contributed by atoms with Gasteiger partial charge in [0, 0.05) is 5.56 Å². The molecular formula is C22H26N3O4+. The summed E-state index contributed by atoms with van der Waals surface area (Å²) in [5.41, 5.74) is 2.36. The van der Waals surface area contributed by atoms with Gasteiger partial charge in [-0.3, -0.25) is 9.59 Å². The van der Waals surface area contributed by atoms with Crippen molar-refractivity contribution in [2.45, 2.75) is 6.54 Å². The maximum Gasteiger partial charge on any atom is 0.265 e. The Morgan fingerprint density at radius 1 is 1.07 bits per heavy atom. The van der Waals surface area contributed by atoms with Gasteiger partial charge in [-0.2, -0.15) is 0 Å². The van der Waals surface area contributed by atoms with Crippen LogP contribution >= 0.6 is 0 Å². The van der Waals surface area contributed by atoms with Crippen LogP contribution in [0, 0.1) is 0 Å². The molecule has 7 nitrogen and oxygen atoms in total. The number of para-hydroxylation sites is 2. The Labute approximate surface area is 170 Å². The third-order valence-electron chi connectivity index (χ3n) is 5.33. The number of carbonyl (C=O) groups is 2. The summed E-state index contributed by atoms with van der Waals surface area (Å²) < 4.78 is 10.8. The summed E-state index contributed by atoms with van der Waals surface area (Å²) in [4.78, 5) is 27.9. The average Bonchev–Trinajstić information content (AvgIpc) is 2.77. The van der Waals surface area contributed by atoms with Crippen molar-refractivity contribution in [2.24, 2.45) is 0 Å². The van der Waals surface area contributed by atoms with E-state index in [1.165, 1.54) is 4.90 Å². The van der Waals surface area contributed by atoms with E-state index < -0.39 is 0 Å². The summed E-state index contributed by atoms with van der Waals surface area (Å²) in [7, 11) is 0. The molecule has 0 atom stereocenters. The van der Waals surface area contributed by atoms with E-state index in [4.69, 9.17) is 9.47 Å². The minimum atomic E-state index is -0.0730. The standard InChI is InChI=1S/C22H25N3O4/c26-21-16-29-20-4-2-1-3-19(20)25(21)15-17-5-7-18(8-6-17)22(27)23-9-10-24-11-13-28-14-12-24/h1-8H,9-16H2,(H,23,27)/p+1. The van der Waals surface area contributed by atoms with E-state index in [-0.39, 0.29) is 18.4 Å². The molecule has 0 spiro atoms. The molecule has 2 aromatic carbocycles. The molecule has 2 aliphatic heterocycles. The van der Waals surface area contributed by atoms with Crippen molar-refractivity contribution in [3.63, 3.8) is 0 Å². The maximum atomic E-state index is 12.4. The molecule has 0 aromatic heterocycles. The number of hydrogen-bond donors (Lipinski definition) is 2. The van der Waals surface area contributed by atoms with Crippen LogP contribution in [0.3, 0.4) is 0 Å². The average molecular weight is 396 g/mol. The van der Waals surface area contributed by atoms with Gasteiger partial charge in [0.2, 0.25) is 0 Å². The quantitative estimate of drug-likeness (QED) is 0.735. The van der Waals surface area contributed by atoms with Gasteiger partial charge < -0.3 is 24.6 Å². The summed E-state index contributed by atoms with van der Waals surface area (Å²) in [5, 5.41) is 2.99. The lowest BCUT2D eigenvalue weighted by atomic mass is 10.1. The Balaban J connectivity index is 1.33. The monoisotopic (exact) mass is 396 g/mol. The van der Waals surface area contributed by atoms with Gasteiger partial charge in [0.1, 0.15) is 18.8 Å². The van der Waals surface area contributed by atoms with Crippen LogP contribution in [0.15, 0.2) is 48.5 Å². The number of nitrogens with zero attached hydrogens (tertiary/aromatic N) is 1. The van der Waals surface area contributed by atoms with E-state index >= 15 is 0 Å². The summed E-state index contributed by atoms with van der Waals surface area (Å²) in [6.45, 7) is 5.62. The molecule has 1 fully saturated rings. The first-order chi connectivity index (χ1) is 14.2. The molecule has 2 amide bonds. The van der Waals surface area contributed by atoms with Crippen LogP contribution in [0.2, 0.25) is 0 Å². The Kier molecular flexibility index (Phi) is 6.07. The molecule has 0 saturated carbocycles. The van der Waals surface area contributed by atoms with Crippen molar-refractivity contribution in [3.8, 4) is 5.75 Å². The van der Waals surface area contributed by atoms with E-state index in [1.807, 2.05) is 48.5 Å². The summed E-state index contributed by atoms with van der Waals surface area (Å²) >= 11 is 0. The van der Waals surface area contributed by atoms with Gasteiger partial charge in [-0.15, -0.1) is 0 Å². The molecule has 7 heteroatoms. The van der Waals surface area contributed by atoms with Crippen molar-refractivity contribution in [2.75, 3.05) is 50.9 Å². The van der Waals surface area contributed by atoms with Gasteiger partial charge >= 0.3 is 0 Å². The highest BCUT2D eigenvalue weighted by Gasteiger charge is 2.25. The fourth-order valence-corrected chi connectivity index (χ4v) is 3.64. The third kappa shape index (κ3) is 4.75. The molecule has 2 aliphatic rings. The highest BCUT2D eigenvalue weighted by molar-refractivity contribution is 5.98. The predicted octanol–water partition coefficient (Wildman–Crippen LogP) is 0.257. The first kappa shape index (κ1) is 19.4. The second kappa shape index (κ2) is 9.07. The van der Waals surface area contributed by atoms with Crippen LogP contribution in [0.25, 0.3) is 0 Å². The number of amides is 2. The first-order valence-electron chi connectivity index (χ1n) is 10.0. The van der Waals surface area contributed by atoms with E-state index in [2.05, 4.69) is 5.32 Å².